The van der Waals surface area contributed by atoms with E-state index in [0.717, 1.165) is 32.4 Å². The van der Waals surface area contributed by atoms with Crippen molar-refractivity contribution in [3.63, 3.8) is 0 Å². The van der Waals surface area contributed by atoms with Crippen molar-refractivity contribution in [2.24, 2.45) is 0 Å². The molecule has 0 N–H and O–H groups in total. The van der Waals surface area contributed by atoms with Gasteiger partial charge < -0.3 is 9.80 Å². The number of amides is 1. The Hall–Kier alpha value is -0.570. The predicted octanol–water partition coefficient (Wildman–Crippen LogP) is 1.48. The van der Waals surface area contributed by atoms with Gasteiger partial charge in [0.25, 0.3) is 0 Å². The zero-order chi connectivity index (χ0) is 10.8. The monoisotopic (exact) mass is 210 g/mol. The number of fused-ring (bicyclic) bond motifs is 2. The second-order valence-corrected chi connectivity index (χ2v) is 5.01. The SMILES string of the molecule is CCCCC(=O)N1C2CCC1CN(C)C2. The van der Waals surface area contributed by atoms with Crippen LogP contribution < -0.4 is 0 Å². The fourth-order valence-corrected chi connectivity index (χ4v) is 2.98. The summed E-state index contributed by atoms with van der Waals surface area (Å²) in [6, 6.07) is 1.02. The van der Waals surface area contributed by atoms with E-state index in [9.17, 15) is 4.79 Å². The highest BCUT2D eigenvalue weighted by Gasteiger charge is 2.40. The lowest BCUT2D eigenvalue weighted by Gasteiger charge is -2.39. The summed E-state index contributed by atoms with van der Waals surface area (Å²) in [6.45, 7) is 4.30. The molecule has 3 heteroatoms. The number of likely N-dealkylation sites (tertiary alicyclic amines) is 1. The molecule has 2 aliphatic rings. The van der Waals surface area contributed by atoms with Crippen LogP contribution in [0, 0.1) is 0 Å². The summed E-state index contributed by atoms with van der Waals surface area (Å²) in [5, 5.41) is 0. The van der Waals surface area contributed by atoms with Crippen LogP contribution in [0.1, 0.15) is 39.0 Å². The number of hydrogen-bond acceptors (Lipinski definition) is 2. The van der Waals surface area contributed by atoms with Crippen molar-refractivity contribution in [2.45, 2.75) is 51.1 Å². The van der Waals surface area contributed by atoms with Crippen LogP contribution in [0.3, 0.4) is 0 Å². The van der Waals surface area contributed by atoms with Gasteiger partial charge in [0.15, 0.2) is 0 Å². The van der Waals surface area contributed by atoms with Gasteiger partial charge in [0.1, 0.15) is 0 Å². The number of piperazine rings is 1. The molecule has 2 aliphatic heterocycles. The first kappa shape index (κ1) is 10.9. The maximum absolute atomic E-state index is 12.0. The summed E-state index contributed by atoms with van der Waals surface area (Å²) in [4.78, 5) is 16.6. The van der Waals surface area contributed by atoms with Crippen LogP contribution in [0.4, 0.5) is 0 Å². The smallest absolute Gasteiger partial charge is 0.223 e. The predicted molar refractivity (Wildman–Crippen MR) is 60.7 cm³/mol. The molecule has 2 rings (SSSR count). The molecule has 0 aromatic carbocycles. The Kier molecular flexibility index (Phi) is 3.29. The molecule has 2 fully saturated rings. The maximum atomic E-state index is 12.0. The van der Waals surface area contributed by atoms with Gasteiger partial charge in [-0.05, 0) is 26.3 Å². The molecule has 86 valence electrons. The van der Waals surface area contributed by atoms with Gasteiger partial charge in [0, 0.05) is 31.6 Å². The molecule has 3 nitrogen and oxygen atoms in total. The highest BCUT2D eigenvalue weighted by atomic mass is 16.2. The lowest BCUT2D eigenvalue weighted by atomic mass is 10.1. The third kappa shape index (κ3) is 2.17. The Balaban J connectivity index is 1.95. The molecule has 2 atom stereocenters. The highest BCUT2D eigenvalue weighted by molar-refractivity contribution is 5.77. The van der Waals surface area contributed by atoms with Gasteiger partial charge in [-0.2, -0.15) is 0 Å². The first-order chi connectivity index (χ1) is 7.22. The van der Waals surface area contributed by atoms with Crippen molar-refractivity contribution < 1.29 is 4.79 Å². The van der Waals surface area contributed by atoms with Gasteiger partial charge in [0.2, 0.25) is 5.91 Å². The topological polar surface area (TPSA) is 23.6 Å². The number of carbonyl (C=O) groups excluding carboxylic acids is 1. The van der Waals surface area contributed by atoms with E-state index < -0.39 is 0 Å². The van der Waals surface area contributed by atoms with Crippen molar-refractivity contribution in [2.75, 3.05) is 20.1 Å². The molecule has 0 aromatic rings. The van der Waals surface area contributed by atoms with Crippen molar-refractivity contribution >= 4 is 5.91 Å². The maximum Gasteiger partial charge on any atom is 0.223 e. The number of rotatable bonds is 3. The molecule has 2 bridgehead atoms. The van der Waals surface area contributed by atoms with Crippen LogP contribution in [-0.2, 0) is 4.79 Å². The van der Waals surface area contributed by atoms with Crippen molar-refractivity contribution in [1.82, 2.24) is 9.80 Å². The molecular weight excluding hydrogens is 188 g/mol. The van der Waals surface area contributed by atoms with Crippen LogP contribution in [0.5, 0.6) is 0 Å². The van der Waals surface area contributed by atoms with Crippen LogP contribution in [0.15, 0.2) is 0 Å². The fraction of sp³-hybridized carbons (Fsp3) is 0.917. The van der Waals surface area contributed by atoms with Gasteiger partial charge >= 0.3 is 0 Å². The molecule has 2 unspecified atom stereocenters. The molecule has 2 saturated heterocycles. The zero-order valence-electron chi connectivity index (χ0n) is 9.91. The number of carbonyl (C=O) groups is 1. The normalized spacial score (nSPS) is 30.9. The minimum Gasteiger partial charge on any atom is -0.334 e. The van der Waals surface area contributed by atoms with Crippen molar-refractivity contribution in [1.29, 1.82) is 0 Å². The summed E-state index contributed by atoms with van der Waals surface area (Å²) < 4.78 is 0. The van der Waals surface area contributed by atoms with E-state index in [-0.39, 0.29) is 0 Å². The molecular formula is C12H22N2O. The minimum atomic E-state index is 0.400. The molecule has 0 radical (unpaired) electrons. The fourth-order valence-electron chi connectivity index (χ4n) is 2.98. The van der Waals surface area contributed by atoms with Crippen molar-refractivity contribution in [3.05, 3.63) is 0 Å². The number of hydrogen-bond donors (Lipinski definition) is 0. The van der Waals surface area contributed by atoms with E-state index in [1.54, 1.807) is 0 Å². The Morgan fingerprint density at radius 3 is 2.40 bits per heavy atom. The largest absolute Gasteiger partial charge is 0.334 e. The quantitative estimate of drug-likeness (QED) is 0.704. The first-order valence-corrected chi connectivity index (χ1v) is 6.22. The third-order valence-electron chi connectivity index (χ3n) is 3.70. The highest BCUT2D eigenvalue weighted by Crippen LogP contribution is 2.30. The van der Waals surface area contributed by atoms with E-state index >= 15 is 0 Å². The summed E-state index contributed by atoms with van der Waals surface area (Å²) in [5.41, 5.74) is 0. The molecule has 0 spiro atoms. The number of unbranched alkanes of at least 4 members (excludes halogenated alkanes) is 1. The summed E-state index contributed by atoms with van der Waals surface area (Å²) >= 11 is 0. The van der Waals surface area contributed by atoms with Crippen LogP contribution in [-0.4, -0.2) is 47.9 Å². The summed E-state index contributed by atoms with van der Waals surface area (Å²) in [7, 11) is 2.17. The lowest BCUT2D eigenvalue weighted by Crippen LogP contribution is -2.54. The lowest BCUT2D eigenvalue weighted by molar-refractivity contribution is -0.136. The average molecular weight is 210 g/mol. The summed E-state index contributed by atoms with van der Waals surface area (Å²) in [6.07, 6.45) is 5.35. The van der Waals surface area contributed by atoms with Gasteiger partial charge in [-0.25, -0.2) is 0 Å². The molecule has 0 saturated carbocycles. The minimum absolute atomic E-state index is 0.400. The van der Waals surface area contributed by atoms with Crippen LogP contribution in [0.25, 0.3) is 0 Å². The van der Waals surface area contributed by atoms with E-state index in [1.165, 1.54) is 12.8 Å². The Morgan fingerprint density at radius 1 is 1.27 bits per heavy atom. The Bertz CT molecular complexity index is 228. The molecule has 0 aliphatic carbocycles. The van der Waals surface area contributed by atoms with Crippen LogP contribution >= 0.6 is 0 Å². The van der Waals surface area contributed by atoms with Gasteiger partial charge in [-0.15, -0.1) is 0 Å². The van der Waals surface area contributed by atoms with E-state index in [0.29, 0.717) is 18.0 Å². The van der Waals surface area contributed by atoms with Gasteiger partial charge in [-0.3, -0.25) is 4.79 Å². The van der Waals surface area contributed by atoms with E-state index in [2.05, 4.69) is 23.8 Å². The van der Waals surface area contributed by atoms with Crippen LogP contribution in [0.2, 0.25) is 0 Å². The zero-order valence-corrected chi connectivity index (χ0v) is 9.91. The van der Waals surface area contributed by atoms with Crippen molar-refractivity contribution in [3.8, 4) is 0 Å². The average Bonchev–Trinajstić information content (AvgIpc) is 2.48. The molecule has 0 aromatic heterocycles. The number of likely N-dealkylation sites (N-methyl/N-ethyl adjacent to an activating group) is 1. The molecule has 15 heavy (non-hydrogen) atoms. The summed E-state index contributed by atoms with van der Waals surface area (Å²) in [5.74, 6) is 0.400. The second kappa shape index (κ2) is 4.52. The Labute approximate surface area is 92.4 Å². The second-order valence-electron chi connectivity index (χ2n) is 5.01. The van der Waals surface area contributed by atoms with E-state index in [4.69, 9.17) is 0 Å². The number of nitrogens with zero attached hydrogens (tertiary/aromatic N) is 2. The first-order valence-electron chi connectivity index (χ1n) is 6.22. The Morgan fingerprint density at radius 2 is 1.87 bits per heavy atom. The molecule has 1 amide bonds. The van der Waals surface area contributed by atoms with E-state index in [1.807, 2.05) is 0 Å². The van der Waals surface area contributed by atoms with Gasteiger partial charge in [0.05, 0.1) is 0 Å². The molecule has 2 heterocycles. The standard InChI is InChI=1S/C12H22N2O/c1-3-4-5-12(15)14-10-6-7-11(14)9-13(2)8-10/h10-11H,3-9H2,1-2H3. The van der Waals surface area contributed by atoms with Gasteiger partial charge in [-0.1, -0.05) is 13.3 Å². The third-order valence-corrected chi connectivity index (χ3v) is 3.70.